The number of ether oxygens (including phenoxy) is 1. The number of alkyl halides is 2. The zero-order valence-electron chi connectivity index (χ0n) is 27.3. The molecule has 0 bridgehead atoms. The Morgan fingerprint density at radius 3 is 2.49 bits per heavy atom. The molecule has 2 saturated heterocycles. The molecule has 3 aromatic rings. The minimum Gasteiger partial charge on any atom is -0.444 e. The summed E-state index contributed by atoms with van der Waals surface area (Å²) in [6.45, 7) is 10.4. The molecule has 12 nitrogen and oxygen atoms in total. The molecule has 3 aromatic heterocycles. The fourth-order valence-corrected chi connectivity index (χ4v) is 6.13. The third-order valence-corrected chi connectivity index (χ3v) is 8.94. The van der Waals surface area contributed by atoms with Gasteiger partial charge in [-0.15, -0.1) is 0 Å². The highest BCUT2D eigenvalue weighted by atomic mass is 19.3. The summed E-state index contributed by atoms with van der Waals surface area (Å²) < 4.78 is 40.6. The zero-order valence-corrected chi connectivity index (χ0v) is 27.3. The lowest BCUT2D eigenvalue weighted by molar-refractivity contribution is 0.0163. The lowest BCUT2D eigenvalue weighted by Gasteiger charge is -2.38. The first kappa shape index (κ1) is 32.9. The van der Waals surface area contributed by atoms with Crippen LogP contribution < -0.4 is 10.6 Å². The van der Waals surface area contributed by atoms with E-state index in [0.717, 1.165) is 51.9 Å². The van der Waals surface area contributed by atoms with Gasteiger partial charge in [0.1, 0.15) is 17.7 Å². The second kappa shape index (κ2) is 14.0. The van der Waals surface area contributed by atoms with Crippen molar-refractivity contribution in [3.05, 3.63) is 42.2 Å². The summed E-state index contributed by atoms with van der Waals surface area (Å²) in [7, 11) is 0. The Morgan fingerprint density at radius 1 is 1.06 bits per heavy atom. The van der Waals surface area contributed by atoms with E-state index in [-0.39, 0.29) is 29.4 Å². The van der Waals surface area contributed by atoms with Crippen molar-refractivity contribution in [1.29, 1.82) is 0 Å². The highest BCUT2D eigenvalue weighted by Crippen LogP contribution is 2.32. The second-order valence-electron chi connectivity index (χ2n) is 13.9. The predicted octanol–water partition coefficient (Wildman–Crippen LogP) is 6.23. The number of aromatic nitrogens is 4. The van der Waals surface area contributed by atoms with Crippen molar-refractivity contribution in [3.8, 4) is 11.5 Å². The van der Waals surface area contributed by atoms with Crippen LogP contribution >= 0.6 is 0 Å². The van der Waals surface area contributed by atoms with Gasteiger partial charge in [0, 0.05) is 57.2 Å². The number of hydrogen-bond acceptors (Lipinski definition) is 9. The molecule has 47 heavy (non-hydrogen) atoms. The maximum atomic E-state index is 14.0. The number of carbonyl (C=O) groups excluding carboxylic acids is 2. The van der Waals surface area contributed by atoms with Crippen molar-refractivity contribution in [2.24, 2.45) is 11.8 Å². The van der Waals surface area contributed by atoms with Gasteiger partial charge in [0.15, 0.2) is 11.4 Å². The lowest BCUT2D eigenvalue weighted by Crippen LogP contribution is -2.45. The molecular formula is C33H44F2N8O4. The molecule has 3 fully saturated rings. The van der Waals surface area contributed by atoms with Gasteiger partial charge in [-0.3, -0.25) is 9.48 Å². The van der Waals surface area contributed by atoms with Gasteiger partial charge < -0.3 is 29.6 Å². The first-order valence-electron chi connectivity index (χ1n) is 16.6. The van der Waals surface area contributed by atoms with Crippen LogP contribution in [0.5, 0.6) is 0 Å². The summed E-state index contributed by atoms with van der Waals surface area (Å²) in [5, 5.41) is 10.1. The zero-order chi connectivity index (χ0) is 33.1. The van der Waals surface area contributed by atoms with E-state index in [1.54, 1.807) is 27.9 Å². The van der Waals surface area contributed by atoms with Gasteiger partial charge >= 0.3 is 6.09 Å². The first-order chi connectivity index (χ1) is 22.5. The van der Waals surface area contributed by atoms with Crippen LogP contribution in [0, 0.1) is 11.8 Å². The van der Waals surface area contributed by atoms with Gasteiger partial charge in [0.05, 0.1) is 11.7 Å². The molecule has 0 aromatic carbocycles. The van der Waals surface area contributed by atoms with Crippen molar-refractivity contribution in [2.45, 2.75) is 77.4 Å². The Hall–Kier alpha value is -4.07. The Labute approximate surface area is 273 Å². The molecule has 1 aliphatic carbocycles. The van der Waals surface area contributed by atoms with Crippen LogP contribution in [-0.2, 0) is 4.74 Å². The van der Waals surface area contributed by atoms with Crippen LogP contribution in [0.25, 0.3) is 11.5 Å². The number of nitrogens with zero attached hydrogens (tertiary/aromatic N) is 6. The van der Waals surface area contributed by atoms with E-state index in [4.69, 9.17) is 9.15 Å². The van der Waals surface area contributed by atoms with Gasteiger partial charge in [0.2, 0.25) is 5.89 Å². The van der Waals surface area contributed by atoms with Gasteiger partial charge in [-0.05, 0) is 83.3 Å². The van der Waals surface area contributed by atoms with Gasteiger partial charge in [-0.1, -0.05) is 0 Å². The van der Waals surface area contributed by atoms with Crippen molar-refractivity contribution in [3.63, 3.8) is 0 Å². The van der Waals surface area contributed by atoms with Gasteiger partial charge in [-0.2, -0.15) is 5.10 Å². The van der Waals surface area contributed by atoms with Crippen molar-refractivity contribution < 1.29 is 27.5 Å². The fourth-order valence-electron chi connectivity index (χ4n) is 6.13. The molecule has 0 unspecified atom stereocenters. The van der Waals surface area contributed by atoms with Crippen molar-refractivity contribution in [1.82, 2.24) is 29.5 Å². The number of carbonyl (C=O) groups is 2. The van der Waals surface area contributed by atoms with E-state index >= 15 is 0 Å². The van der Waals surface area contributed by atoms with E-state index in [1.807, 2.05) is 20.8 Å². The molecular weight excluding hydrogens is 610 g/mol. The largest absolute Gasteiger partial charge is 0.444 e. The highest BCUT2D eigenvalue weighted by molar-refractivity contribution is 6.03. The van der Waals surface area contributed by atoms with E-state index in [9.17, 15) is 18.4 Å². The summed E-state index contributed by atoms with van der Waals surface area (Å²) >= 11 is 0. The first-order valence-corrected chi connectivity index (χ1v) is 16.6. The number of piperidine rings is 2. The number of hydrogen-bond donors (Lipinski definition) is 2. The summed E-state index contributed by atoms with van der Waals surface area (Å²) in [4.78, 5) is 38.2. The maximum absolute atomic E-state index is 14.0. The number of oxazole rings is 1. The smallest absolute Gasteiger partial charge is 0.410 e. The fraction of sp³-hybridized carbons (Fsp3) is 0.606. The van der Waals surface area contributed by atoms with Crippen LogP contribution in [0.15, 0.2) is 35.2 Å². The Balaban J connectivity index is 1.01. The molecule has 2 amide bonds. The standard InChI is InChI=1S/C33H44F2N8O4/c1-33(2,3)47-32(45)42-14-7-22(8-15-42)18-41-12-9-24(10-13-41)43-19-25(28(40-43)29(34)35)38-30(44)26-20-46-31(39-26)23-6-11-36-27(16-23)37-17-21-4-5-21/h6,11,16,19-22,24,29H,4-5,7-10,12-15,17-18H2,1-3H3,(H,36,37)(H,38,44). The van der Waals surface area contributed by atoms with Crippen molar-refractivity contribution in [2.75, 3.05) is 49.9 Å². The number of nitrogens with one attached hydrogen (secondary N) is 2. The number of amides is 2. The number of likely N-dealkylation sites (tertiary alicyclic amines) is 2. The van der Waals surface area contributed by atoms with Crippen LogP contribution in [0.4, 0.5) is 25.1 Å². The summed E-state index contributed by atoms with van der Waals surface area (Å²) in [5.41, 5.74) is -0.390. The van der Waals surface area contributed by atoms with E-state index in [0.29, 0.717) is 36.3 Å². The Morgan fingerprint density at radius 2 is 1.81 bits per heavy atom. The van der Waals surface area contributed by atoms with E-state index in [1.165, 1.54) is 25.3 Å². The van der Waals surface area contributed by atoms with Crippen LogP contribution in [-0.4, -0.2) is 86.4 Å². The van der Waals surface area contributed by atoms with E-state index in [2.05, 4.69) is 30.6 Å². The predicted molar refractivity (Wildman–Crippen MR) is 171 cm³/mol. The van der Waals surface area contributed by atoms with Crippen molar-refractivity contribution >= 4 is 23.5 Å². The number of anilines is 2. The molecule has 2 N–H and O–H groups in total. The highest BCUT2D eigenvalue weighted by Gasteiger charge is 2.30. The van der Waals surface area contributed by atoms with Crippen LogP contribution in [0.2, 0.25) is 0 Å². The average molecular weight is 655 g/mol. The number of halogens is 2. The maximum Gasteiger partial charge on any atom is 0.410 e. The Bertz CT molecular complexity index is 1530. The van der Waals surface area contributed by atoms with E-state index < -0.39 is 23.6 Å². The van der Waals surface area contributed by atoms with Gasteiger partial charge in [-0.25, -0.2) is 23.5 Å². The molecule has 2 aliphatic heterocycles. The van der Waals surface area contributed by atoms with Crippen LogP contribution in [0.1, 0.15) is 87.9 Å². The molecule has 3 aliphatic rings. The molecule has 1 saturated carbocycles. The molecule has 6 rings (SSSR count). The third kappa shape index (κ3) is 8.65. The molecule has 254 valence electrons. The molecule has 0 atom stereocenters. The minimum absolute atomic E-state index is 0.0255. The van der Waals surface area contributed by atoms with Crippen LogP contribution in [0.3, 0.4) is 0 Å². The molecule has 5 heterocycles. The lowest BCUT2D eigenvalue weighted by atomic mass is 9.95. The minimum atomic E-state index is -2.86. The second-order valence-corrected chi connectivity index (χ2v) is 13.9. The third-order valence-electron chi connectivity index (χ3n) is 8.94. The number of rotatable bonds is 10. The SMILES string of the molecule is CC(C)(C)OC(=O)N1CCC(CN2CCC(n3cc(NC(=O)c4coc(-c5ccnc(NCC6CC6)c5)n4)c(C(F)F)n3)CC2)CC1. The Kier molecular flexibility index (Phi) is 9.76. The summed E-state index contributed by atoms with van der Waals surface area (Å²) in [6, 6.07) is 3.47. The quantitative estimate of drug-likeness (QED) is 0.261. The van der Waals surface area contributed by atoms with Gasteiger partial charge in [0.25, 0.3) is 12.3 Å². The normalized spacial score (nSPS) is 18.5. The molecule has 14 heteroatoms. The molecule has 0 radical (unpaired) electrons. The summed E-state index contributed by atoms with van der Waals surface area (Å²) in [5.74, 6) is 1.44. The average Bonchev–Trinajstić information content (AvgIpc) is 3.55. The topological polar surface area (TPSA) is 131 Å². The monoisotopic (exact) mass is 654 g/mol. The number of pyridine rings is 1. The summed E-state index contributed by atoms with van der Waals surface area (Å²) in [6.07, 6.45) is 7.03. The molecule has 0 spiro atoms.